The lowest BCUT2D eigenvalue weighted by atomic mass is 9.91. The van der Waals surface area contributed by atoms with Crippen LogP contribution in [-0.4, -0.2) is 53.5 Å². The molecule has 2 heterocycles. The van der Waals surface area contributed by atoms with Gasteiger partial charge in [0.15, 0.2) is 11.6 Å². The smallest absolute Gasteiger partial charge is 0.341 e. The van der Waals surface area contributed by atoms with E-state index in [-0.39, 0.29) is 47.9 Å². The first-order chi connectivity index (χ1) is 14.7. The van der Waals surface area contributed by atoms with Crippen LogP contribution >= 0.6 is 0 Å². The maximum absolute atomic E-state index is 15.2. The summed E-state index contributed by atoms with van der Waals surface area (Å²) >= 11 is 0. The molecule has 10 heteroatoms. The second kappa shape index (κ2) is 8.07. The molecule has 1 aromatic heterocycles. The molecule has 1 saturated carbocycles. The first-order valence-corrected chi connectivity index (χ1v) is 10.1. The van der Waals surface area contributed by atoms with Gasteiger partial charge in [-0.15, -0.1) is 0 Å². The van der Waals surface area contributed by atoms with Crippen LogP contribution in [0.15, 0.2) is 17.1 Å². The van der Waals surface area contributed by atoms with Gasteiger partial charge < -0.3 is 24.4 Å². The number of aliphatic hydroxyl groups is 1. The molecule has 1 aliphatic carbocycles. The van der Waals surface area contributed by atoms with E-state index in [9.17, 15) is 28.6 Å². The molecule has 0 bridgehead atoms. The van der Waals surface area contributed by atoms with Crippen molar-refractivity contribution in [2.24, 2.45) is 5.92 Å². The van der Waals surface area contributed by atoms with Crippen molar-refractivity contribution in [3.05, 3.63) is 33.9 Å². The van der Waals surface area contributed by atoms with Gasteiger partial charge in [0.2, 0.25) is 5.43 Å². The Labute approximate surface area is 175 Å². The molecule has 1 unspecified atom stereocenters. The molecule has 2 atom stereocenters. The highest BCUT2D eigenvalue weighted by Crippen LogP contribution is 2.43. The number of carboxylic acids is 1. The van der Waals surface area contributed by atoms with Gasteiger partial charge in [-0.1, -0.05) is 0 Å². The largest absolute Gasteiger partial charge is 0.492 e. The molecule has 7 nitrogen and oxygen atoms in total. The molecule has 2 fully saturated rings. The molecule has 1 saturated heterocycles. The number of aromatic carboxylic acids is 1. The van der Waals surface area contributed by atoms with E-state index >= 15 is 4.39 Å². The van der Waals surface area contributed by atoms with Crippen LogP contribution in [0.4, 0.5) is 18.9 Å². The summed E-state index contributed by atoms with van der Waals surface area (Å²) in [6, 6.07) is 0.939. The van der Waals surface area contributed by atoms with Gasteiger partial charge in [0.25, 0.3) is 6.43 Å². The third kappa shape index (κ3) is 3.52. The highest BCUT2D eigenvalue weighted by atomic mass is 19.3. The lowest BCUT2D eigenvalue weighted by molar-refractivity contribution is -0.0335. The summed E-state index contributed by atoms with van der Waals surface area (Å²) < 4.78 is 48.2. The number of ether oxygens (including phenoxy) is 1. The summed E-state index contributed by atoms with van der Waals surface area (Å²) in [5.41, 5.74) is -0.949. The van der Waals surface area contributed by atoms with Gasteiger partial charge in [-0.2, -0.15) is 0 Å². The average molecular weight is 440 g/mol. The third-order valence-electron chi connectivity index (χ3n) is 6.38. The van der Waals surface area contributed by atoms with Crippen LogP contribution in [0.25, 0.3) is 10.9 Å². The topological polar surface area (TPSA) is 92.0 Å². The van der Waals surface area contributed by atoms with E-state index in [0.717, 1.165) is 25.3 Å². The standard InChI is InChI=1S/C21H23F3N2O5/c1-31-19-15-12(18(28)13(21(29)30)9-26(15)11-3-2-4-11)7-14(22)16(19)25-6-5-10(8-25)17(27)20(23)24/h7,9-11,17,20,27H,2-6,8H2,1H3,(H,29,30)/t10?,17-/m0/s1. The zero-order valence-electron chi connectivity index (χ0n) is 16.9. The van der Waals surface area contributed by atoms with Crippen LogP contribution < -0.4 is 15.1 Å². The quantitative estimate of drug-likeness (QED) is 0.718. The van der Waals surface area contributed by atoms with E-state index in [1.54, 1.807) is 4.57 Å². The molecule has 4 rings (SSSR count). The number of aromatic nitrogens is 1. The zero-order chi connectivity index (χ0) is 22.4. The van der Waals surface area contributed by atoms with Crippen LogP contribution in [0.1, 0.15) is 42.1 Å². The van der Waals surface area contributed by atoms with E-state index in [2.05, 4.69) is 0 Å². The number of hydrogen-bond donors (Lipinski definition) is 2. The Morgan fingerprint density at radius 2 is 2.00 bits per heavy atom. The first kappa shape index (κ1) is 21.5. The summed E-state index contributed by atoms with van der Waals surface area (Å²) in [6.07, 6.45) is -0.694. The van der Waals surface area contributed by atoms with Crippen LogP contribution in [0.2, 0.25) is 0 Å². The van der Waals surface area contributed by atoms with Crippen molar-refractivity contribution in [2.75, 3.05) is 25.1 Å². The molecule has 31 heavy (non-hydrogen) atoms. The highest BCUT2D eigenvalue weighted by Gasteiger charge is 2.37. The number of nitrogens with zero attached hydrogens (tertiary/aromatic N) is 2. The molecular formula is C21H23F3N2O5. The number of hydrogen-bond acceptors (Lipinski definition) is 5. The Hall–Kier alpha value is -2.75. The monoisotopic (exact) mass is 440 g/mol. The number of carbonyl (C=O) groups is 1. The normalized spacial score (nSPS) is 20.3. The molecule has 0 spiro atoms. The number of pyridine rings is 1. The summed E-state index contributed by atoms with van der Waals surface area (Å²) in [5, 5.41) is 19.1. The van der Waals surface area contributed by atoms with Gasteiger partial charge in [-0.25, -0.2) is 18.0 Å². The van der Waals surface area contributed by atoms with Crippen LogP contribution in [0.3, 0.4) is 0 Å². The van der Waals surface area contributed by atoms with Crippen molar-refractivity contribution in [3.63, 3.8) is 0 Å². The number of carboxylic acid groups (broad SMARTS) is 1. The number of benzene rings is 1. The van der Waals surface area contributed by atoms with Gasteiger partial charge in [0, 0.05) is 31.2 Å². The van der Waals surface area contributed by atoms with Crippen molar-refractivity contribution in [2.45, 2.75) is 44.3 Å². The molecule has 1 aliphatic heterocycles. The Morgan fingerprint density at radius 1 is 1.29 bits per heavy atom. The molecule has 1 aromatic carbocycles. The summed E-state index contributed by atoms with van der Waals surface area (Å²) in [6.45, 7) is 0.235. The molecular weight excluding hydrogens is 417 g/mol. The molecule has 0 amide bonds. The van der Waals surface area contributed by atoms with Gasteiger partial charge in [-0.05, 0) is 31.7 Å². The first-order valence-electron chi connectivity index (χ1n) is 10.1. The lowest BCUT2D eigenvalue weighted by Crippen LogP contribution is -2.31. The van der Waals surface area contributed by atoms with Gasteiger partial charge in [-0.3, -0.25) is 4.79 Å². The highest BCUT2D eigenvalue weighted by molar-refractivity contribution is 5.97. The van der Waals surface area contributed by atoms with Crippen LogP contribution in [0.5, 0.6) is 5.75 Å². The Balaban J connectivity index is 1.90. The molecule has 2 N–H and O–H groups in total. The summed E-state index contributed by atoms with van der Waals surface area (Å²) in [4.78, 5) is 25.9. The lowest BCUT2D eigenvalue weighted by Gasteiger charge is -2.32. The minimum Gasteiger partial charge on any atom is -0.492 e. The van der Waals surface area contributed by atoms with Crippen LogP contribution in [-0.2, 0) is 0 Å². The maximum Gasteiger partial charge on any atom is 0.341 e. The number of halogens is 3. The predicted molar refractivity (Wildman–Crippen MR) is 107 cm³/mol. The molecule has 2 aliphatic rings. The number of fused-ring (bicyclic) bond motifs is 1. The second-order valence-corrected chi connectivity index (χ2v) is 8.13. The fraction of sp³-hybridized carbons (Fsp3) is 0.524. The van der Waals surface area contributed by atoms with Gasteiger partial charge in [0.1, 0.15) is 17.4 Å². The SMILES string of the molecule is COc1c(N2CCC([C@H](O)C(F)F)C2)c(F)cc2c(=O)c(C(=O)O)cn(C3CCC3)c12. The van der Waals surface area contributed by atoms with E-state index in [0.29, 0.717) is 0 Å². The Kier molecular flexibility index (Phi) is 5.59. The minimum absolute atomic E-state index is 0.00512. The van der Waals surface area contributed by atoms with Crippen LogP contribution in [0, 0.1) is 11.7 Å². The predicted octanol–water partition coefficient (Wildman–Crippen LogP) is 3.02. The molecule has 168 valence electrons. The van der Waals surface area contributed by atoms with Crippen molar-refractivity contribution in [1.29, 1.82) is 0 Å². The van der Waals surface area contributed by atoms with Crippen molar-refractivity contribution in [3.8, 4) is 5.75 Å². The fourth-order valence-corrected chi connectivity index (χ4v) is 4.51. The van der Waals surface area contributed by atoms with Gasteiger partial charge >= 0.3 is 5.97 Å². The van der Waals surface area contributed by atoms with E-state index in [1.165, 1.54) is 18.2 Å². The minimum atomic E-state index is -2.90. The van der Waals surface area contributed by atoms with Gasteiger partial charge in [0.05, 0.1) is 18.0 Å². The number of anilines is 1. The Bertz CT molecular complexity index is 1080. The average Bonchev–Trinajstić information content (AvgIpc) is 3.16. The molecule has 2 aromatic rings. The van der Waals surface area contributed by atoms with E-state index in [4.69, 9.17) is 4.74 Å². The third-order valence-corrected chi connectivity index (χ3v) is 6.38. The van der Waals surface area contributed by atoms with Crippen molar-refractivity contribution in [1.82, 2.24) is 4.57 Å². The number of alkyl halides is 2. The zero-order valence-corrected chi connectivity index (χ0v) is 16.9. The van der Waals surface area contributed by atoms with E-state index < -0.39 is 41.2 Å². The fourth-order valence-electron chi connectivity index (χ4n) is 4.51. The number of aliphatic hydroxyl groups excluding tert-OH is 1. The number of methoxy groups -OCH3 is 1. The second-order valence-electron chi connectivity index (χ2n) is 8.13. The maximum atomic E-state index is 15.2. The van der Waals surface area contributed by atoms with Crippen molar-refractivity contribution >= 4 is 22.6 Å². The summed E-state index contributed by atoms with van der Waals surface area (Å²) in [7, 11) is 1.32. The Morgan fingerprint density at radius 3 is 2.55 bits per heavy atom. The number of rotatable bonds is 6. The molecule has 0 radical (unpaired) electrons. The van der Waals surface area contributed by atoms with E-state index in [1.807, 2.05) is 0 Å². The summed E-state index contributed by atoms with van der Waals surface area (Å²) in [5.74, 6) is -2.88. The van der Waals surface area contributed by atoms with Crippen molar-refractivity contribution < 1.29 is 32.9 Å².